The minimum Gasteiger partial charge on any atom is -0.381 e. The van der Waals surface area contributed by atoms with Gasteiger partial charge in [0, 0.05) is 19.3 Å². The van der Waals surface area contributed by atoms with Gasteiger partial charge in [0.15, 0.2) is 0 Å². The maximum absolute atomic E-state index is 5.44. The highest BCUT2D eigenvalue weighted by Gasteiger charge is 2.22. The first-order chi connectivity index (χ1) is 8.38. The molecular weight excluding hydrogens is 230 g/mol. The number of nitrogens with one attached hydrogen (secondary N) is 1. The van der Waals surface area contributed by atoms with Gasteiger partial charge in [0.2, 0.25) is 0 Å². The molecule has 2 heterocycles. The smallest absolute Gasteiger partial charge is 0.0468 e. The molecule has 3 heteroatoms. The summed E-state index contributed by atoms with van der Waals surface area (Å²) in [5.41, 5.74) is 0. The Hall–Kier alpha value is 0.270. The van der Waals surface area contributed by atoms with Crippen molar-refractivity contribution in [3.05, 3.63) is 0 Å². The van der Waals surface area contributed by atoms with E-state index in [2.05, 4.69) is 24.1 Å². The van der Waals surface area contributed by atoms with E-state index in [0.717, 1.165) is 31.1 Å². The second-order valence-electron chi connectivity index (χ2n) is 5.57. The predicted octanol–water partition coefficient (Wildman–Crippen LogP) is 2.92. The molecule has 0 amide bonds. The Bertz CT molecular complexity index is 180. The average Bonchev–Trinajstić information content (AvgIpc) is 2.40. The standard InChI is InChI=1S/C14H27NOS/c1-15-14(10-12-2-6-16-7-3-12)11-13-4-8-17-9-5-13/h12-15H,2-11H2,1H3. The molecule has 2 fully saturated rings. The van der Waals surface area contributed by atoms with E-state index in [-0.39, 0.29) is 0 Å². The van der Waals surface area contributed by atoms with Crippen LogP contribution in [0.3, 0.4) is 0 Å². The first-order valence-electron chi connectivity index (χ1n) is 7.21. The molecule has 2 aliphatic heterocycles. The van der Waals surface area contributed by atoms with Crippen molar-refractivity contribution in [3.8, 4) is 0 Å². The lowest BCUT2D eigenvalue weighted by molar-refractivity contribution is 0.0598. The van der Waals surface area contributed by atoms with E-state index in [4.69, 9.17) is 4.74 Å². The van der Waals surface area contributed by atoms with Crippen molar-refractivity contribution >= 4 is 11.8 Å². The molecule has 0 aromatic heterocycles. The summed E-state index contributed by atoms with van der Waals surface area (Å²) in [6.45, 7) is 1.97. The molecule has 2 aliphatic rings. The van der Waals surface area contributed by atoms with Crippen molar-refractivity contribution in [1.82, 2.24) is 5.32 Å². The Morgan fingerprint density at radius 2 is 1.65 bits per heavy atom. The summed E-state index contributed by atoms with van der Waals surface area (Å²) in [6, 6.07) is 0.742. The maximum atomic E-state index is 5.44. The predicted molar refractivity (Wildman–Crippen MR) is 75.7 cm³/mol. The minimum atomic E-state index is 0.742. The molecular formula is C14H27NOS. The zero-order valence-corrected chi connectivity index (χ0v) is 11.9. The van der Waals surface area contributed by atoms with Crippen molar-refractivity contribution in [2.24, 2.45) is 11.8 Å². The quantitative estimate of drug-likeness (QED) is 0.818. The molecule has 0 bridgehead atoms. The third-order valence-corrected chi connectivity index (χ3v) is 5.37. The molecule has 1 atom stereocenters. The van der Waals surface area contributed by atoms with Gasteiger partial charge in [-0.05, 0) is 68.9 Å². The summed E-state index contributed by atoms with van der Waals surface area (Å²) in [5, 5.41) is 3.55. The first kappa shape index (κ1) is 13.7. The van der Waals surface area contributed by atoms with Crippen molar-refractivity contribution in [2.75, 3.05) is 31.8 Å². The van der Waals surface area contributed by atoms with Crippen LogP contribution in [0, 0.1) is 11.8 Å². The summed E-state index contributed by atoms with van der Waals surface area (Å²) in [4.78, 5) is 0. The molecule has 1 N–H and O–H groups in total. The highest BCUT2D eigenvalue weighted by atomic mass is 32.2. The Kier molecular flexibility index (Phi) is 6.16. The van der Waals surface area contributed by atoms with E-state index in [0.29, 0.717) is 0 Å². The van der Waals surface area contributed by atoms with Crippen LogP contribution in [-0.4, -0.2) is 37.8 Å². The number of hydrogen-bond acceptors (Lipinski definition) is 3. The molecule has 2 nitrogen and oxygen atoms in total. The summed E-state index contributed by atoms with van der Waals surface area (Å²) < 4.78 is 5.44. The van der Waals surface area contributed by atoms with Crippen molar-refractivity contribution in [1.29, 1.82) is 0 Å². The van der Waals surface area contributed by atoms with E-state index in [1.165, 1.54) is 50.0 Å². The van der Waals surface area contributed by atoms with Gasteiger partial charge in [-0.1, -0.05) is 0 Å². The van der Waals surface area contributed by atoms with E-state index in [9.17, 15) is 0 Å². The fourth-order valence-corrected chi connectivity index (χ4v) is 4.30. The molecule has 17 heavy (non-hydrogen) atoms. The molecule has 2 saturated heterocycles. The fraction of sp³-hybridized carbons (Fsp3) is 1.00. The molecule has 1 unspecified atom stereocenters. The minimum absolute atomic E-state index is 0.742. The fourth-order valence-electron chi connectivity index (χ4n) is 3.10. The highest BCUT2D eigenvalue weighted by molar-refractivity contribution is 7.99. The van der Waals surface area contributed by atoms with Crippen LogP contribution >= 0.6 is 11.8 Å². The highest BCUT2D eigenvalue weighted by Crippen LogP contribution is 2.29. The van der Waals surface area contributed by atoms with E-state index in [1.54, 1.807) is 0 Å². The third kappa shape index (κ3) is 4.80. The van der Waals surface area contributed by atoms with Gasteiger partial charge in [-0.2, -0.15) is 11.8 Å². The van der Waals surface area contributed by atoms with Gasteiger partial charge in [0.1, 0.15) is 0 Å². The summed E-state index contributed by atoms with van der Waals surface area (Å²) in [5.74, 6) is 4.66. The Morgan fingerprint density at radius 3 is 2.24 bits per heavy atom. The van der Waals surface area contributed by atoms with Crippen LogP contribution < -0.4 is 5.32 Å². The summed E-state index contributed by atoms with van der Waals surface area (Å²) in [7, 11) is 2.14. The normalized spacial score (nSPS) is 25.9. The zero-order valence-electron chi connectivity index (χ0n) is 11.1. The van der Waals surface area contributed by atoms with Gasteiger partial charge in [-0.25, -0.2) is 0 Å². The Labute approximate surface area is 110 Å². The van der Waals surface area contributed by atoms with Crippen LogP contribution in [0.25, 0.3) is 0 Å². The molecule has 0 radical (unpaired) electrons. The van der Waals surface area contributed by atoms with Crippen LogP contribution in [0.15, 0.2) is 0 Å². The number of hydrogen-bond donors (Lipinski definition) is 1. The molecule has 0 aliphatic carbocycles. The van der Waals surface area contributed by atoms with Gasteiger partial charge in [-0.15, -0.1) is 0 Å². The van der Waals surface area contributed by atoms with Crippen molar-refractivity contribution in [2.45, 2.75) is 44.6 Å². The number of rotatable bonds is 5. The largest absolute Gasteiger partial charge is 0.381 e. The van der Waals surface area contributed by atoms with Gasteiger partial charge < -0.3 is 10.1 Å². The van der Waals surface area contributed by atoms with Crippen molar-refractivity contribution in [3.63, 3.8) is 0 Å². The second kappa shape index (κ2) is 7.65. The van der Waals surface area contributed by atoms with Gasteiger partial charge in [-0.3, -0.25) is 0 Å². The van der Waals surface area contributed by atoms with Gasteiger partial charge in [0.25, 0.3) is 0 Å². The van der Waals surface area contributed by atoms with Crippen molar-refractivity contribution < 1.29 is 4.74 Å². The van der Waals surface area contributed by atoms with Crippen LogP contribution in [-0.2, 0) is 4.74 Å². The maximum Gasteiger partial charge on any atom is 0.0468 e. The molecule has 100 valence electrons. The lowest BCUT2D eigenvalue weighted by Gasteiger charge is -2.30. The monoisotopic (exact) mass is 257 g/mol. The van der Waals surface area contributed by atoms with E-state index >= 15 is 0 Å². The SMILES string of the molecule is CNC(CC1CCOCC1)CC1CCSCC1. The molecule has 0 saturated carbocycles. The lowest BCUT2D eigenvalue weighted by atomic mass is 9.86. The van der Waals surface area contributed by atoms with Crippen LogP contribution in [0.1, 0.15) is 38.5 Å². The topological polar surface area (TPSA) is 21.3 Å². The summed E-state index contributed by atoms with van der Waals surface area (Å²) in [6.07, 6.45) is 8.20. The van der Waals surface area contributed by atoms with Crippen LogP contribution in [0.2, 0.25) is 0 Å². The molecule has 2 rings (SSSR count). The molecule has 0 spiro atoms. The van der Waals surface area contributed by atoms with E-state index < -0.39 is 0 Å². The van der Waals surface area contributed by atoms with Crippen LogP contribution in [0.5, 0.6) is 0 Å². The number of thioether (sulfide) groups is 1. The molecule has 0 aromatic rings. The Balaban J connectivity index is 1.71. The van der Waals surface area contributed by atoms with Gasteiger partial charge >= 0.3 is 0 Å². The van der Waals surface area contributed by atoms with E-state index in [1.807, 2.05) is 0 Å². The first-order valence-corrected chi connectivity index (χ1v) is 8.36. The molecule has 0 aromatic carbocycles. The Morgan fingerprint density at radius 1 is 1.06 bits per heavy atom. The zero-order chi connectivity index (χ0) is 11.9. The number of ether oxygens (including phenoxy) is 1. The second-order valence-corrected chi connectivity index (χ2v) is 6.79. The van der Waals surface area contributed by atoms with Gasteiger partial charge in [0.05, 0.1) is 0 Å². The third-order valence-electron chi connectivity index (χ3n) is 4.33. The summed E-state index contributed by atoms with van der Waals surface area (Å²) >= 11 is 2.13. The average molecular weight is 257 g/mol. The van der Waals surface area contributed by atoms with Crippen LogP contribution in [0.4, 0.5) is 0 Å². The lowest BCUT2D eigenvalue weighted by Crippen LogP contribution is -2.32.